The minimum Gasteiger partial charge on any atom is -1.00 e. The monoisotopic (exact) mass is 169 g/mol. The minimum absolute atomic E-state index is 0. The minimum atomic E-state index is 0. The fourth-order valence-electron chi connectivity index (χ4n) is 0. The molecule has 0 saturated heterocycles. The Bertz CT molecular complexity index is 4.14. The molecule has 0 atom stereocenters. The topological polar surface area (TPSA) is 0 Å². The Morgan fingerprint density at radius 3 is 0.429 bits per heavy atom. The average molecular weight is 169 g/mol. The molecule has 0 rings (SSSR count). The van der Waals surface area contributed by atoms with Gasteiger partial charge in [0.2, 0.25) is 0 Å². The fraction of sp³-hybridized carbons (Fsp3) is 0. The zero-order chi connectivity index (χ0) is 0. The Morgan fingerprint density at radius 1 is 0.429 bits per heavy atom. The van der Waals surface area contributed by atoms with Crippen molar-refractivity contribution >= 4 is 0 Å². The second-order valence-electron chi connectivity index (χ2n) is 0. The van der Waals surface area contributed by atoms with Gasteiger partial charge in [0, 0.05) is 0 Å². The molecule has 0 aromatic heterocycles. The van der Waals surface area contributed by atoms with Crippen molar-refractivity contribution in [3.63, 3.8) is 0 Å². The maximum Gasteiger partial charge on any atom is 3.00 e. The van der Waals surface area contributed by atoms with E-state index in [1.54, 1.807) is 0 Å². The number of halogens is 6. The fourth-order valence-corrected chi connectivity index (χ4v) is 0. The zero-order valence-corrected chi connectivity index (χ0v) is 4.04. The Morgan fingerprint density at radius 2 is 0.429 bits per heavy atom. The molecule has 0 fully saturated rings. The van der Waals surface area contributed by atoms with Gasteiger partial charge in [-0.25, -0.2) is 0 Å². The molecule has 0 unspecified atom stereocenters. The third-order valence-electron chi connectivity index (χ3n) is 0. The number of hydrogen-bond donors (Lipinski definition) is 0. The van der Waals surface area contributed by atoms with Gasteiger partial charge in [-0.3, -0.25) is 14.1 Å². The van der Waals surface area contributed by atoms with E-state index in [2.05, 4.69) is 0 Å². The predicted octanol–water partition coefficient (Wildman–Crippen LogP) is -8.53. The van der Waals surface area contributed by atoms with Crippen LogP contribution in [0.3, 0.4) is 0 Å². The van der Waals surface area contributed by atoms with Gasteiger partial charge in [-0.2, -0.15) is 0 Å². The summed E-state index contributed by atoms with van der Waals surface area (Å²) < 4.78 is 0. The van der Waals surface area contributed by atoms with Crippen LogP contribution in [0.25, 0.3) is 0 Å². The summed E-state index contributed by atoms with van der Waals surface area (Å²) in [5.74, 6) is 0. The summed E-state index contributed by atoms with van der Waals surface area (Å²) in [5.41, 5.74) is 0. The van der Waals surface area contributed by atoms with E-state index in [9.17, 15) is 0 Å². The van der Waals surface area contributed by atoms with Crippen LogP contribution in [0.4, 0.5) is 14.1 Å². The Balaban J connectivity index is 0. The molecule has 0 aliphatic heterocycles. The summed E-state index contributed by atoms with van der Waals surface area (Å²) in [6.07, 6.45) is 0. The van der Waals surface area contributed by atoms with Gasteiger partial charge in [0.1, 0.15) is 0 Å². The largest absolute Gasteiger partial charge is 3.00 e. The molecule has 0 aliphatic carbocycles. The standard InChI is InChI=1S/Cr.6FH/h;6*1H/q+3;;;;;;/p-3. The van der Waals surface area contributed by atoms with Crippen LogP contribution in [0, 0.1) is 0 Å². The van der Waals surface area contributed by atoms with Gasteiger partial charge in [0.15, 0.2) is 0 Å². The molecule has 1 radical (unpaired) electrons. The molecule has 0 amide bonds. The smallest absolute Gasteiger partial charge is 1.00 e. The molecule has 0 heterocycles. The van der Waals surface area contributed by atoms with Crippen molar-refractivity contribution in [2.24, 2.45) is 0 Å². The van der Waals surface area contributed by atoms with E-state index >= 15 is 0 Å². The van der Waals surface area contributed by atoms with Crippen LogP contribution in [-0.4, -0.2) is 0 Å². The van der Waals surface area contributed by atoms with E-state index in [0.717, 1.165) is 0 Å². The summed E-state index contributed by atoms with van der Waals surface area (Å²) >= 11 is 0. The third-order valence-corrected chi connectivity index (χ3v) is 0. The van der Waals surface area contributed by atoms with Gasteiger partial charge in [-0.15, -0.1) is 0 Å². The number of rotatable bonds is 0. The second kappa shape index (κ2) is 12600. The zero-order valence-electron chi connectivity index (χ0n) is 2.77. The molecule has 0 aliphatic rings. The maximum atomic E-state index is 0. The van der Waals surface area contributed by atoms with Gasteiger partial charge < -0.3 is 14.1 Å². The SMILES string of the molecule is F.F.F.[Cr+3].[F-].[F-].[F-]. The molecular weight excluding hydrogens is 166 g/mol. The molecule has 0 spiro atoms. The Kier molecular flexibility index (Phi) is 37900000. The Hall–Kier alpha value is 0.112. The molecular formula is H3CrF6. The van der Waals surface area contributed by atoms with Crippen molar-refractivity contribution in [2.75, 3.05) is 0 Å². The summed E-state index contributed by atoms with van der Waals surface area (Å²) in [6.45, 7) is 0. The molecule has 0 aromatic carbocycles. The summed E-state index contributed by atoms with van der Waals surface area (Å²) in [7, 11) is 0. The van der Waals surface area contributed by atoms with Crippen molar-refractivity contribution in [1.29, 1.82) is 0 Å². The first-order valence-electron chi connectivity index (χ1n) is 0. The van der Waals surface area contributed by atoms with Gasteiger partial charge in [0.05, 0.1) is 0 Å². The van der Waals surface area contributed by atoms with Crippen molar-refractivity contribution in [3.8, 4) is 0 Å². The normalized spacial score (nSPS) is 0. The van der Waals surface area contributed by atoms with Crippen LogP contribution < -0.4 is 14.1 Å². The van der Waals surface area contributed by atoms with Gasteiger partial charge in [-0.05, 0) is 0 Å². The van der Waals surface area contributed by atoms with E-state index in [1.165, 1.54) is 0 Å². The van der Waals surface area contributed by atoms with Crippen molar-refractivity contribution in [3.05, 3.63) is 0 Å². The molecule has 7 heteroatoms. The summed E-state index contributed by atoms with van der Waals surface area (Å²) in [5, 5.41) is 0. The third kappa shape index (κ3) is 8170. The molecule has 0 nitrogen and oxygen atoms in total. The van der Waals surface area contributed by atoms with Crippen LogP contribution in [-0.2, 0) is 17.4 Å². The van der Waals surface area contributed by atoms with Crippen LogP contribution in [0.2, 0.25) is 0 Å². The predicted molar refractivity (Wildman–Crippen MR) is 7.51 cm³/mol. The van der Waals surface area contributed by atoms with Crippen molar-refractivity contribution in [1.82, 2.24) is 0 Å². The van der Waals surface area contributed by atoms with E-state index < -0.39 is 0 Å². The molecule has 0 N–H and O–H groups in total. The van der Waals surface area contributed by atoms with Crippen LogP contribution in [0.15, 0.2) is 0 Å². The first kappa shape index (κ1) is 21000. The van der Waals surface area contributed by atoms with E-state index in [0.29, 0.717) is 0 Å². The van der Waals surface area contributed by atoms with Gasteiger partial charge in [0.25, 0.3) is 0 Å². The molecule has 7 heavy (non-hydrogen) atoms. The summed E-state index contributed by atoms with van der Waals surface area (Å²) in [4.78, 5) is 0. The second-order valence-corrected chi connectivity index (χ2v) is 0. The maximum absolute atomic E-state index is 0. The first-order valence-corrected chi connectivity index (χ1v) is 0. The van der Waals surface area contributed by atoms with Gasteiger partial charge in [-0.1, -0.05) is 0 Å². The molecule has 51 valence electrons. The average Bonchev–Trinajstić information content (AvgIpc) is 0. The first-order chi connectivity index (χ1) is 0. The van der Waals surface area contributed by atoms with Crippen molar-refractivity contribution in [2.45, 2.75) is 0 Å². The van der Waals surface area contributed by atoms with Crippen LogP contribution >= 0.6 is 0 Å². The summed E-state index contributed by atoms with van der Waals surface area (Å²) in [6, 6.07) is 0. The quantitative estimate of drug-likeness (QED) is 0.316. The van der Waals surface area contributed by atoms with E-state index in [1.807, 2.05) is 0 Å². The van der Waals surface area contributed by atoms with Crippen molar-refractivity contribution < 1.29 is 45.6 Å². The van der Waals surface area contributed by atoms with E-state index in [-0.39, 0.29) is 45.6 Å². The van der Waals surface area contributed by atoms with Gasteiger partial charge >= 0.3 is 17.4 Å². The van der Waals surface area contributed by atoms with Crippen LogP contribution in [0.1, 0.15) is 0 Å². The van der Waals surface area contributed by atoms with E-state index in [4.69, 9.17) is 0 Å². The molecule has 0 saturated carbocycles. The number of hydrogen-bond acceptors (Lipinski definition) is 0. The molecule has 0 aromatic rings. The molecule has 0 bridgehead atoms. The Labute approximate surface area is 46.6 Å². The van der Waals surface area contributed by atoms with Crippen LogP contribution in [0.5, 0.6) is 0 Å².